The Balaban J connectivity index is 2.23. The number of Topliss-reactive ketones (excluding diaryl/α,β-unsaturated/α-hetero) is 1. The predicted molar refractivity (Wildman–Crippen MR) is 46.2 cm³/mol. The summed E-state index contributed by atoms with van der Waals surface area (Å²) < 4.78 is 0. The molecule has 1 saturated carbocycles. The number of carbonyl (C=O) groups excluding carboxylic acids is 1. The maximum atomic E-state index is 11.4. The maximum absolute atomic E-state index is 11.4. The van der Waals surface area contributed by atoms with Gasteiger partial charge in [-0.05, 0) is 23.5 Å². The van der Waals surface area contributed by atoms with Gasteiger partial charge in [0.05, 0.1) is 0 Å². The van der Waals surface area contributed by atoms with E-state index >= 15 is 0 Å². The van der Waals surface area contributed by atoms with Gasteiger partial charge < -0.3 is 0 Å². The summed E-state index contributed by atoms with van der Waals surface area (Å²) >= 11 is 0. The van der Waals surface area contributed by atoms with Crippen LogP contribution in [0.2, 0.25) is 0 Å². The number of ketones is 1. The van der Waals surface area contributed by atoms with Crippen molar-refractivity contribution in [3.05, 3.63) is 35.4 Å². The zero-order valence-electron chi connectivity index (χ0n) is 6.79. The molecule has 2 aliphatic carbocycles. The van der Waals surface area contributed by atoms with Gasteiger partial charge in [0.1, 0.15) is 5.78 Å². The largest absolute Gasteiger partial charge is 0.299 e. The van der Waals surface area contributed by atoms with E-state index in [2.05, 4.69) is 18.2 Å². The minimum atomic E-state index is 0.256. The second kappa shape index (κ2) is 1.98. The van der Waals surface area contributed by atoms with Crippen molar-refractivity contribution in [2.24, 2.45) is 0 Å². The molecule has 0 amide bonds. The summed E-state index contributed by atoms with van der Waals surface area (Å²) in [5, 5.41) is 0. The number of fused-ring (bicyclic) bond motifs is 5. The van der Waals surface area contributed by atoms with Crippen LogP contribution in [0.1, 0.15) is 35.8 Å². The summed E-state index contributed by atoms with van der Waals surface area (Å²) in [4.78, 5) is 11.4. The minimum absolute atomic E-state index is 0.256. The molecule has 2 bridgehead atoms. The lowest BCUT2D eigenvalue weighted by molar-refractivity contribution is -0.118. The van der Waals surface area contributed by atoms with Crippen LogP contribution in [-0.2, 0) is 4.79 Å². The summed E-state index contributed by atoms with van der Waals surface area (Å²) in [5.41, 5.74) is 2.74. The Morgan fingerprint density at radius 1 is 1.17 bits per heavy atom. The first-order chi connectivity index (χ1) is 5.86. The Bertz CT molecular complexity index is 354. The number of rotatable bonds is 0. The van der Waals surface area contributed by atoms with Gasteiger partial charge in [0, 0.05) is 12.3 Å². The monoisotopic (exact) mass is 158 g/mol. The lowest BCUT2D eigenvalue weighted by atomic mass is 9.91. The second-order valence-electron chi connectivity index (χ2n) is 3.78. The van der Waals surface area contributed by atoms with E-state index in [-0.39, 0.29) is 5.92 Å². The molecule has 1 heteroatoms. The van der Waals surface area contributed by atoms with E-state index in [1.807, 2.05) is 6.07 Å². The molecular weight excluding hydrogens is 148 g/mol. The van der Waals surface area contributed by atoms with Crippen LogP contribution in [0.25, 0.3) is 0 Å². The zero-order valence-corrected chi connectivity index (χ0v) is 6.79. The molecule has 1 nitrogen and oxygen atoms in total. The molecule has 2 aliphatic rings. The van der Waals surface area contributed by atoms with E-state index in [1.165, 1.54) is 11.1 Å². The van der Waals surface area contributed by atoms with Crippen molar-refractivity contribution in [3.63, 3.8) is 0 Å². The Kier molecular flexibility index (Phi) is 1.06. The van der Waals surface area contributed by atoms with Crippen LogP contribution >= 0.6 is 0 Å². The molecule has 0 heterocycles. The van der Waals surface area contributed by atoms with E-state index in [1.54, 1.807) is 0 Å². The highest BCUT2D eigenvalue weighted by atomic mass is 16.1. The smallest absolute Gasteiger partial charge is 0.140 e. The first-order valence-electron chi connectivity index (χ1n) is 4.48. The number of carbonyl (C=O) groups is 1. The fourth-order valence-corrected chi connectivity index (χ4v) is 2.62. The fourth-order valence-electron chi connectivity index (χ4n) is 2.62. The number of benzene rings is 1. The average Bonchev–Trinajstić information content (AvgIpc) is 2.62. The Morgan fingerprint density at radius 2 is 1.92 bits per heavy atom. The van der Waals surface area contributed by atoms with Crippen molar-refractivity contribution < 1.29 is 4.79 Å². The summed E-state index contributed by atoms with van der Waals surface area (Å²) in [6, 6.07) is 8.39. The van der Waals surface area contributed by atoms with E-state index in [9.17, 15) is 4.79 Å². The van der Waals surface area contributed by atoms with Crippen molar-refractivity contribution in [2.45, 2.75) is 24.7 Å². The summed E-state index contributed by atoms with van der Waals surface area (Å²) in [6.07, 6.45) is 1.87. The van der Waals surface area contributed by atoms with Gasteiger partial charge in [-0.2, -0.15) is 0 Å². The molecule has 1 aromatic rings. The van der Waals surface area contributed by atoms with Crippen molar-refractivity contribution in [1.29, 1.82) is 0 Å². The van der Waals surface area contributed by atoms with Crippen LogP contribution in [0, 0.1) is 0 Å². The van der Waals surface area contributed by atoms with E-state index in [4.69, 9.17) is 0 Å². The topological polar surface area (TPSA) is 17.1 Å². The number of hydrogen-bond acceptors (Lipinski definition) is 1. The first-order valence-corrected chi connectivity index (χ1v) is 4.48. The van der Waals surface area contributed by atoms with Gasteiger partial charge in [-0.3, -0.25) is 4.79 Å². The highest BCUT2D eigenvalue weighted by Crippen LogP contribution is 2.50. The van der Waals surface area contributed by atoms with Crippen molar-refractivity contribution >= 4 is 5.78 Å². The highest BCUT2D eigenvalue weighted by Gasteiger charge is 2.42. The van der Waals surface area contributed by atoms with Gasteiger partial charge in [-0.15, -0.1) is 0 Å². The Morgan fingerprint density at radius 3 is 2.75 bits per heavy atom. The second-order valence-corrected chi connectivity index (χ2v) is 3.78. The standard InChI is InChI=1S/C11H10O/c12-11-6-7-5-10(11)9-4-2-1-3-8(7)9/h1-4,7,10H,5-6H2/t7-,10+/m1/s1. The third kappa shape index (κ3) is 0.619. The molecule has 1 fully saturated rings. The molecule has 1 aromatic carbocycles. The number of hydrogen-bond donors (Lipinski definition) is 0. The van der Waals surface area contributed by atoms with Gasteiger partial charge in [-0.25, -0.2) is 0 Å². The van der Waals surface area contributed by atoms with Crippen LogP contribution in [0.3, 0.4) is 0 Å². The third-order valence-electron chi connectivity index (χ3n) is 3.17. The van der Waals surface area contributed by atoms with Gasteiger partial charge in [0.15, 0.2) is 0 Å². The van der Waals surface area contributed by atoms with Crippen LogP contribution in [0.4, 0.5) is 0 Å². The van der Waals surface area contributed by atoms with Gasteiger partial charge in [0.25, 0.3) is 0 Å². The molecule has 0 radical (unpaired) electrons. The maximum Gasteiger partial charge on any atom is 0.140 e. The van der Waals surface area contributed by atoms with Crippen LogP contribution in [-0.4, -0.2) is 5.78 Å². The molecule has 2 atom stereocenters. The predicted octanol–water partition coefficient (Wildman–Crippen LogP) is 2.23. The Labute approximate surface area is 71.4 Å². The molecule has 0 N–H and O–H groups in total. The van der Waals surface area contributed by atoms with Gasteiger partial charge in [-0.1, -0.05) is 24.3 Å². The lowest BCUT2D eigenvalue weighted by Gasteiger charge is -2.12. The van der Waals surface area contributed by atoms with Gasteiger partial charge in [0.2, 0.25) is 0 Å². The van der Waals surface area contributed by atoms with Crippen molar-refractivity contribution in [1.82, 2.24) is 0 Å². The van der Waals surface area contributed by atoms with Crippen LogP contribution in [0.5, 0.6) is 0 Å². The average molecular weight is 158 g/mol. The van der Waals surface area contributed by atoms with Gasteiger partial charge >= 0.3 is 0 Å². The molecule has 0 aliphatic heterocycles. The summed E-state index contributed by atoms with van der Waals surface area (Å²) in [5.74, 6) is 1.27. The fraction of sp³-hybridized carbons (Fsp3) is 0.364. The minimum Gasteiger partial charge on any atom is -0.299 e. The first kappa shape index (κ1) is 6.41. The molecule has 3 rings (SSSR count). The molecule has 0 aromatic heterocycles. The molecule has 0 spiro atoms. The van der Waals surface area contributed by atoms with E-state index < -0.39 is 0 Å². The van der Waals surface area contributed by atoms with Crippen LogP contribution < -0.4 is 0 Å². The Hall–Kier alpha value is -1.11. The summed E-state index contributed by atoms with van der Waals surface area (Å²) in [7, 11) is 0. The highest BCUT2D eigenvalue weighted by molar-refractivity contribution is 5.91. The van der Waals surface area contributed by atoms with Crippen molar-refractivity contribution in [3.8, 4) is 0 Å². The summed E-state index contributed by atoms with van der Waals surface area (Å²) in [6.45, 7) is 0. The molecule has 0 saturated heterocycles. The third-order valence-corrected chi connectivity index (χ3v) is 3.17. The lowest BCUT2D eigenvalue weighted by Crippen LogP contribution is -2.08. The zero-order chi connectivity index (χ0) is 8.13. The molecule has 0 unspecified atom stereocenters. The quantitative estimate of drug-likeness (QED) is 0.566. The van der Waals surface area contributed by atoms with Crippen molar-refractivity contribution in [2.75, 3.05) is 0 Å². The van der Waals surface area contributed by atoms with Crippen LogP contribution in [0.15, 0.2) is 24.3 Å². The molecule has 60 valence electrons. The van der Waals surface area contributed by atoms with E-state index in [0.717, 1.165) is 12.8 Å². The molecular formula is C11H10O. The SMILES string of the molecule is O=C1C[C@H]2C[C@H]1c1ccccc12. The normalized spacial score (nSPS) is 30.8. The van der Waals surface area contributed by atoms with E-state index in [0.29, 0.717) is 11.7 Å². The molecule has 12 heavy (non-hydrogen) atoms.